The zero-order chi connectivity index (χ0) is 21.8. The van der Waals surface area contributed by atoms with Crippen molar-refractivity contribution in [2.24, 2.45) is 0 Å². The Morgan fingerprint density at radius 3 is 2.41 bits per heavy atom. The molecule has 32 heavy (non-hydrogen) atoms. The minimum Gasteiger partial charge on any atom is -0.345 e. The molecule has 0 unspecified atom stereocenters. The van der Waals surface area contributed by atoms with E-state index in [1.165, 1.54) is 0 Å². The lowest BCUT2D eigenvalue weighted by atomic mass is 10.2. The summed E-state index contributed by atoms with van der Waals surface area (Å²) >= 11 is 5.61. The van der Waals surface area contributed by atoms with Crippen LogP contribution in [-0.2, 0) is 0 Å². The third-order valence-corrected chi connectivity index (χ3v) is 5.04. The third kappa shape index (κ3) is 4.12. The van der Waals surface area contributed by atoms with Crippen molar-refractivity contribution in [1.82, 2.24) is 24.9 Å². The molecule has 0 spiro atoms. The Hall–Kier alpha value is -4.30. The number of rotatable bonds is 5. The largest absolute Gasteiger partial charge is 0.345 e. The molecule has 0 aliphatic rings. The predicted octanol–water partition coefficient (Wildman–Crippen LogP) is 5.07. The molecule has 0 saturated carbocycles. The van der Waals surface area contributed by atoms with Crippen molar-refractivity contribution in [1.29, 1.82) is 0 Å². The van der Waals surface area contributed by atoms with Gasteiger partial charge < -0.3 is 5.32 Å². The molecular weight excluding hydrogens is 418 g/mol. The summed E-state index contributed by atoms with van der Waals surface area (Å²) in [5, 5.41) is 4.25. The zero-order valence-corrected chi connectivity index (χ0v) is 17.6. The maximum absolute atomic E-state index is 5.61. The molecule has 4 heterocycles. The summed E-state index contributed by atoms with van der Waals surface area (Å²) < 4.78 is 0. The number of hydrogen-bond donors (Lipinski definition) is 1. The highest BCUT2D eigenvalue weighted by molar-refractivity contribution is 7.81. The molecule has 4 aromatic heterocycles. The Labute approximate surface area is 189 Å². The molecule has 0 aliphatic carbocycles. The summed E-state index contributed by atoms with van der Waals surface area (Å²) in [6.45, 7) is 0. The highest BCUT2D eigenvalue weighted by Gasteiger charge is 2.15. The van der Waals surface area contributed by atoms with E-state index in [1.807, 2.05) is 65.6 Å². The average Bonchev–Trinajstić information content (AvgIpc) is 2.85. The lowest BCUT2D eigenvalue weighted by Crippen LogP contribution is -2.15. The average molecular weight is 436 g/mol. The Morgan fingerprint density at radius 1 is 0.750 bits per heavy atom. The summed E-state index contributed by atoms with van der Waals surface area (Å²) in [5.74, 6) is 0.556. The number of hydrogen-bond acceptors (Lipinski definition) is 7. The Morgan fingerprint density at radius 2 is 1.56 bits per heavy atom. The van der Waals surface area contributed by atoms with E-state index in [4.69, 9.17) is 12.2 Å². The van der Waals surface area contributed by atoms with Gasteiger partial charge in [-0.3, -0.25) is 9.88 Å². The minimum atomic E-state index is 0.515. The van der Waals surface area contributed by atoms with Gasteiger partial charge in [-0.2, -0.15) is 0 Å². The van der Waals surface area contributed by atoms with Crippen molar-refractivity contribution in [3.63, 3.8) is 0 Å². The van der Waals surface area contributed by atoms with Crippen LogP contribution in [0, 0.1) is 0 Å². The summed E-state index contributed by atoms with van der Waals surface area (Å²) in [4.78, 5) is 24.3. The first kappa shape index (κ1) is 19.7. The van der Waals surface area contributed by atoms with Gasteiger partial charge in [0.1, 0.15) is 10.7 Å². The summed E-state index contributed by atoms with van der Waals surface area (Å²) in [6.07, 6.45) is 8.63. The number of nitrogens with zero attached hydrogens (tertiary/aromatic N) is 6. The monoisotopic (exact) mass is 435 g/mol. The third-order valence-electron chi connectivity index (χ3n) is 4.73. The van der Waals surface area contributed by atoms with E-state index in [1.54, 1.807) is 37.1 Å². The van der Waals surface area contributed by atoms with Gasteiger partial charge in [-0.15, -0.1) is 0 Å². The number of thiocarbonyl (C=S) groups is 1. The molecule has 5 aromatic rings. The molecule has 154 valence electrons. The lowest BCUT2D eigenvalue weighted by Gasteiger charge is -2.23. The Kier molecular flexibility index (Phi) is 5.42. The normalized spacial score (nSPS) is 10.6. The van der Waals surface area contributed by atoms with Gasteiger partial charge in [0.15, 0.2) is 5.65 Å². The van der Waals surface area contributed by atoms with Gasteiger partial charge in [-0.1, -0.05) is 18.3 Å². The van der Waals surface area contributed by atoms with Crippen molar-refractivity contribution < 1.29 is 0 Å². The molecule has 0 amide bonds. The van der Waals surface area contributed by atoms with Crippen molar-refractivity contribution in [3.8, 4) is 0 Å². The van der Waals surface area contributed by atoms with E-state index in [0.29, 0.717) is 22.3 Å². The second kappa shape index (κ2) is 8.83. The van der Waals surface area contributed by atoms with Gasteiger partial charge in [0.05, 0.1) is 11.4 Å². The molecule has 0 aliphatic heterocycles. The first-order chi connectivity index (χ1) is 15.8. The topological polar surface area (TPSA) is 79.7 Å². The summed E-state index contributed by atoms with van der Waals surface area (Å²) in [6, 6.07) is 21.2. The fourth-order valence-electron chi connectivity index (χ4n) is 3.28. The number of nitrogens with one attached hydrogen (secondary N) is 1. The minimum absolute atomic E-state index is 0.515. The van der Waals surface area contributed by atoms with Gasteiger partial charge in [0.25, 0.3) is 0 Å². The number of fused-ring (bicyclic) bond motifs is 1. The molecule has 0 saturated heterocycles. The van der Waals surface area contributed by atoms with Crippen LogP contribution in [0.1, 0.15) is 5.69 Å². The number of aromatic nitrogens is 5. The predicted molar refractivity (Wildman–Crippen MR) is 129 cm³/mol. The molecule has 5 rings (SSSR count). The second-order valence-electron chi connectivity index (χ2n) is 6.84. The van der Waals surface area contributed by atoms with Gasteiger partial charge in [0.2, 0.25) is 5.95 Å². The number of benzene rings is 1. The van der Waals surface area contributed by atoms with Crippen LogP contribution in [0.15, 0.2) is 97.7 Å². The standard InChI is InChI=1S/C24H17N7S/c32-23(21-8-7-17-4-2-11-26-22(17)30-21)29-18-5-1-6-20(16-18)31(19-9-14-25-15-10-19)24-27-12-3-13-28-24/h1-16H,(H,29,32). The van der Waals surface area contributed by atoms with Crippen molar-refractivity contribution in [2.45, 2.75) is 0 Å². The molecule has 0 bridgehead atoms. The molecular formula is C24H17N7S. The van der Waals surface area contributed by atoms with Crippen LogP contribution in [0.5, 0.6) is 0 Å². The maximum Gasteiger partial charge on any atom is 0.234 e. The van der Waals surface area contributed by atoms with E-state index in [2.05, 4.69) is 30.2 Å². The molecule has 0 atom stereocenters. The smallest absolute Gasteiger partial charge is 0.234 e. The fraction of sp³-hybridized carbons (Fsp3) is 0. The first-order valence-electron chi connectivity index (χ1n) is 9.88. The van der Waals surface area contributed by atoms with Crippen LogP contribution in [0.2, 0.25) is 0 Å². The molecule has 7 nitrogen and oxygen atoms in total. The van der Waals surface area contributed by atoms with Gasteiger partial charge in [-0.25, -0.2) is 19.9 Å². The number of pyridine rings is 3. The summed E-state index contributed by atoms with van der Waals surface area (Å²) in [5.41, 5.74) is 3.92. The van der Waals surface area contributed by atoms with Crippen molar-refractivity contribution in [3.05, 3.63) is 103 Å². The van der Waals surface area contributed by atoms with Crippen molar-refractivity contribution >= 4 is 51.3 Å². The molecule has 0 fully saturated rings. The highest BCUT2D eigenvalue weighted by atomic mass is 32.1. The Bertz CT molecular complexity index is 1340. The number of anilines is 4. The molecule has 1 N–H and O–H groups in total. The van der Waals surface area contributed by atoms with Crippen LogP contribution in [0.25, 0.3) is 11.0 Å². The second-order valence-corrected chi connectivity index (χ2v) is 7.25. The van der Waals surface area contributed by atoms with Crippen LogP contribution < -0.4 is 10.2 Å². The Balaban J connectivity index is 1.46. The first-order valence-corrected chi connectivity index (χ1v) is 10.3. The van der Waals surface area contributed by atoms with Crippen LogP contribution in [0.3, 0.4) is 0 Å². The van der Waals surface area contributed by atoms with Gasteiger partial charge >= 0.3 is 0 Å². The zero-order valence-electron chi connectivity index (χ0n) is 16.8. The van der Waals surface area contributed by atoms with E-state index >= 15 is 0 Å². The van der Waals surface area contributed by atoms with Crippen LogP contribution >= 0.6 is 12.2 Å². The molecule has 1 aromatic carbocycles. The van der Waals surface area contributed by atoms with E-state index < -0.39 is 0 Å². The van der Waals surface area contributed by atoms with Crippen LogP contribution in [-0.4, -0.2) is 29.9 Å². The fourth-order valence-corrected chi connectivity index (χ4v) is 3.51. The molecule has 0 radical (unpaired) electrons. The summed E-state index contributed by atoms with van der Waals surface area (Å²) in [7, 11) is 0. The van der Waals surface area contributed by atoms with E-state index in [-0.39, 0.29) is 0 Å². The van der Waals surface area contributed by atoms with Gasteiger partial charge in [-0.05, 0) is 60.7 Å². The maximum atomic E-state index is 5.61. The van der Waals surface area contributed by atoms with E-state index in [9.17, 15) is 0 Å². The molecule has 8 heteroatoms. The SMILES string of the molecule is S=C(Nc1cccc(N(c2ccncc2)c2ncccn2)c1)c1ccc2cccnc2n1. The quantitative estimate of drug-likeness (QED) is 0.383. The van der Waals surface area contributed by atoms with Crippen LogP contribution in [0.4, 0.5) is 23.0 Å². The highest BCUT2D eigenvalue weighted by Crippen LogP contribution is 2.32. The van der Waals surface area contributed by atoms with Gasteiger partial charge in [0, 0.05) is 42.1 Å². The van der Waals surface area contributed by atoms with Crippen molar-refractivity contribution in [2.75, 3.05) is 10.2 Å². The lowest BCUT2D eigenvalue weighted by molar-refractivity contribution is 1.08. The van der Waals surface area contributed by atoms with E-state index in [0.717, 1.165) is 22.4 Å².